The Morgan fingerprint density at radius 3 is 2.52 bits per heavy atom. The molecule has 1 aromatic heterocycles. The van der Waals surface area contributed by atoms with Crippen LogP contribution in [0.3, 0.4) is 0 Å². The summed E-state index contributed by atoms with van der Waals surface area (Å²) in [6.07, 6.45) is 6.84. The highest BCUT2D eigenvalue weighted by atomic mass is 16.4. The zero-order valence-electron chi connectivity index (χ0n) is 15.2. The number of carbonyl (C=O) groups excluding carboxylic acids is 1. The molecule has 0 saturated carbocycles. The molecule has 1 unspecified atom stereocenters. The zero-order chi connectivity index (χ0) is 19.2. The molecule has 3 rings (SSSR count). The van der Waals surface area contributed by atoms with Crippen LogP contribution in [0.4, 0.5) is 10.5 Å². The number of carbonyl (C=O) groups is 2. The fraction of sp³-hybridized carbons (Fsp3) is 0.368. The first-order chi connectivity index (χ1) is 13.0. The molecule has 8 heteroatoms. The average molecular weight is 369 g/mol. The Morgan fingerprint density at radius 1 is 1.22 bits per heavy atom. The van der Waals surface area contributed by atoms with Gasteiger partial charge in [-0.1, -0.05) is 12.1 Å². The second-order valence-electron chi connectivity index (χ2n) is 6.60. The molecule has 1 atom stereocenters. The minimum absolute atomic E-state index is 0.116. The predicted molar refractivity (Wildman–Crippen MR) is 100 cm³/mol. The van der Waals surface area contributed by atoms with Crippen LogP contribution in [0.2, 0.25) is 0 Å². The maximum atomic E-state index is 12.2. The number of nitrogens with one attached hydrogen (secondary N) is 1. The third kappa shape index (κ3) is 4.79. The smallest absolute Gasteiger partial charge is 0.325 e. The Morgan fingerprint density at radius 2 is 1.93 bits per heavy atom. The van der Waals surface area contributed by atoms with Gasteiger partial charge in [0.1, 0.15) is 6.04 Å². The minimum Gasteiger partial charge on any atom is -0.480 e. The Bertz CT molecular complexity index is 776. The zero-order valence-corrected chi connectivity index (χ0v) is 15.2. The van der Waals surface area contributed by atoms with Gasteiger partial charge in [-0.2, -0.15) is 0 Å². The first kappa shape index (κ1) is 18.8. The molecule has 2 heterocycles. The van der Waals surface area contributed by atoms with Gasteiger partial charge < -0.3 is 15.3 Å². The number of aliphatic carboxylic acids is 1. The second kappa shape index (κ2) is 8.59. The van der Waals surface area contributed by atoms with Crippen molar-refractivity contribution >= 4 is 17.7 Å². The van der Waals surface area contributed by atoms with Gasteiger partial charge in [0.05, 0.1) is 5.69 Å². The maximum absolute atomic E-state index is 12.2. The number of carboxylic acids is 1. The molecule has 1 aliphatic rings. The van der Waals surface area contributed by atoms with Crippen LogP contribution in [0.25, 0.3) is 0 Å². The van der Waals surface area contributed by atoms with Crippen molar-refractivity contribution < 1.29 is 14.7 Å². The monoisotopic (exact) mass is 369 g/mol. The summed E-state index contributed by atoms with van der Waals surface area (Å²) in [7, 11) is 1.73. The molecule has 8 nitrogen and oxygen atoms in total. The predicted octanol–water partition coefficient (Wildman–Crippen LogP) is 2.36. The third-order valence-corrected chi connectivity index (χ3v) is 4.57. The van der Waals surface area contributed by atoms with Gasteiger partial charge in [-0.15, -0.1) is 0 Å². The number of benzene rings is 1. The van der Waals surface area contributed by atoms with E-state index in [1.165, 1.54) is 0 Å². The normalized spacial score (nSPS) is 15.0. The molecule has 1 aromatic carbocycles. The lowest BCUT2D eigenvalue weighted by molar-refractivity contribution is -0.143. The lowest BCUT2D eigenvalue weighted by Crippen LogP contribution is -2.32. The van der Waals surface area contributed by atoms with Crippen molar-refractivity contribution in [1.82, 2.24) is 19.8 Å². The van der Waals surface area contributed by atoms with Gasteiger partial charge in [-0.25, -0.2) is 4.79 Å². The quantitative estimate of drug-likeness (QED) is 0.811. The molecular weight excluding hydrogens is 346 g/mol. The Hall–Kier alpha value is -3.00. The van der Waals surface area contributed by atoms with E-state index in [-0.39, 0.29) is 6.03 Å². The van der Waals surface area contributed by atoms with E-state index in [1.54, 1.807) is 59.7 Å². The van der Waals surface area contributed by atoms with Crippen LogP contribution >= 0.6 is 0 Å². The van der Waals surface area contributed by atoms with E-state index < -0.39 is 12.0 Å². The fourth-order valence-corrected chi connectivity index (χ4v) is 3.22. The molecule has 0 bridgehead atoms. The summed E-state index contributed by atoms with van der Waals surface area (Å²) in [5.41, 5.74) is 1.98. The number of likely N-dealkylation sites (N-methyl/N-ethyl adjacent to an activating group) is 1. The number of hydrogen-bond acceptors (Lipinski definition) is 5. The van der Waals surface area contributed by atoms with Gasteiger partial charge in [0.25, 0.3) is 0 Å². The van der Waals surface area contributed by atoms with Crippen molar-refractivity contribution in [3.63, 3.8) is 0 Å². The van der Waals surface area contributed by atoms with Crippen LogP contribution in [-0.2, 0) is 11.3 Å². The first-order valence-electron chi connectivity index (χ1n) is 8.88. The molecular formula is C19H23N5O3. The summed E-state index contributed by atoms with van der Waals surface area (Å²) >= 11 is 0. The molecule has 1 fully saturated rings. The molecule has 2 amide bonds. The van der Waals surface area contributed by atoms with Crippen LogP contribution in [0.1, 0.15) is 30.1 Å². The lowest BCUT2D eigenvalue weighted by Gasteiger charge is -2.24. The number of amides is 2. The molecule has 1 aliphatic heterocycles. The fourth-order valence-electron chi connectivity index (χ4n) is 3.22. The van der Waals surface area contributed by atoms with E-state index in [9.17, 15) is 14.7 Å². The lowest BCUT2D eigenvalue weighted by atomic mass is 10.1. The van der Waals surface area contributed by atoms with Crippen molar-refractivity contribution in [1.29, 1.82) is 0 Å². The second-order valence-corrected chi connectivity index (χ2v) is 6.60. The van der Waals surface area contributed by atoms with Gasteiger partial charge in [0.2, 0.25) is 0 Å². The van der Waals surface area contributed by atoms with E-state index in [0.717, 1.165) is 25.9 Å². The van der Waals surface area contributed by atoms with Crippen molar-refractivity contribution in [2.45, 2.75) is 25.4 Å². The average Bonchev–Trinajstić information content (AvgIpc) is 3.19. The molecule has 1 saturated heterocycles. The largest absolute Gasteiger partial charge is 0.480 e. The van der Waals surface area contributed by atoms with E-state index >= 15 is 0 Å². The Labute approximate surface area is 157 Å². The van der Waals surface area contributed by atoms with Crippen molar-refractivity contribution in [3.8, 4) is 0 Å². The van der Waals surface area contributed by atoms with Crippen molar-refractivity contribution in [2.24, 2.45) is 0 Å². The van der Waals surface area contributed by atoms with Gasteiger partial charge in [0.15, 0.2) is 0 Å². The third-order valence-electron chi connectivity index (χ3n) is 4.57. The van der Waals surface area contributed by atoms with Crippen LogP contribution < -0.4 is 5.32 Å². The van der Waals surface area contributed by atoms with Crippen LogP contribution in [0.5, 0.6) is 0 Å². The molecule has 2 N–H and O–H groups in total. The van der Waals surface area contributed by atoms with Gasteiger partial charge in [-0.05, 0) is 37.6 Å². The minimum atomic E-state index is -0.949. The van der Waals surface area contributed by atoms with E-state index in [2.05, 4.69) is 15.3 Å². The molecule has 0 aliphatic carbocycles. The van der Waals surface area contributed by atoms with Crippen LogP contribution in [0.15, 0.2) is 42.9 Å². The van der Waals surface area contributed by atoms with E-state index in [1.807, 2.05) is 0 Å². The summed E-state index contributed by atoms with van der Waals surface area (Å²) in [5.74, 6) is -0.949. The van der Waals surface area contributed by atoms with Crippen LogP contribution in [0, 0.1) is 0 Å². The summed E-state index contributed by atoms with van der Waals surface area (Å²) in [6, 6.07) is 5.98. The molecule has 0 spiro atoms. The van der Waals surface area contributed by atoms with Crippen molar-refractivity contribution in [3.05, 3.63) is 54.1 Å². The maximum Gasteiger partial charge on any atom is 0.325 e. The van der Waals surface area contributed by atoms with Gasteiger partial charge in [-0.3, -0.25) is 19.7 Å². The number of aromatic nitrogens is 2. The Balaban J connectivity index is 1.68. The first-order valence-corrected chi connectivity index (χ1v) is 8.88. The number of urea groups is 1. The standard InChI is InChI=1S/C19H23N5O3/c1-23(13-16-12-20-8-9-21-16)17(18(25)26)14-4-6-15(7-5-14)22-19(27)24-10-2-3-11-24/h4-9,12,17H,2-3,10-11,13H2,1H3,(H,22,27)(H,25,26). The Kier molecular flexibility index (Phi) is 5.97. The summed E-state index contributed by atoms with van der Waals surface area (Å²) in [5, 5.41) is 12.5. The number of rotatable bonds is 6. The number of anilines is 1. The summed E-state index contributed by atoms with van der Waals surface area (Å²) in [6.45, 7) is 1.91. The highest BCUT2D eigenvalue weighted by Crippen LogP contribution is 2.23. The summed E-state index contributed by atoms with van der Waals surface area (Å²) in [4.78, 5) is 35.6. The number of hydrogen-bond donors (Lipinski definition) is 2. The topological polar surface area (TPSA) is 98.7 Å². The number of nitrogens with zero attached hydrogens (tertiary/aromatic N) is 4. The SMILES string of the molecule is CN(Cc1cnccn1)C(C(=O)O)c1ccc(NC(=O)N2CCCC2)cc1. The molecule has 27 heavy (non-hydrogen) atoms. The molecule has 142 valence electrons. The molecule has 2 aromatic rings. The van der Waals surface area contributed by atoms with Crippen molar-refractivity contribution in [2.75, 3.05) is 25.5 Å². The number of carboxylic acid groups (broad SMARTS) is 1. The van der Waals surface area contributed by atoms with Crippen LogP contribution in [-0.4, -0.2) is 57.0 Å². The van der Waals surface area contributed by atoms with E-state index in [4.69, 9.17) is 0 Å². The summed E-state index contributed by atoms with van der Waals surface area (Å²) < 4.78 is 0. The van der Waals surface area contributed by atoms with E-state index in [0.29, 0.717) is 23.5 Å². The highest BCUT2D eigenvalue weighted by Gasteiger charge is 2.25. The molecule has 0 radical (unpaired) electrons. The van der Waals surface area contributed by atoms with Gasteiger partial charge >= 0.3 is 12.0 Å². The van der Waals surface area contributed by atoms with Gasteiger partial charge in [0, 0.05) is 43.9 Å². The highest BCUT2D eigenvalue weighted by molar-refractivity contribution is 5.89. The number of likely N-dealkylation sites (tertiary alicyclic amines) is 1.